The number of aromatic nitrogens is 6. The number of imidazole rings is 2. The third-order valence-corrected chi connectivity index (χ3v) is 16.3. The maximum Gasteiger partial charge on any atom is 0.145 e. The first kappa shape index (κ1) is 47.0. The van der Waals surface area contributed by atoms with E-state index in [0.29, 0.717) is 0 Å². The summed E-state index contributed by atoms with van der Waals surface area (Å²) in [4.78, 5) is 20.4. The van der Waals surface area contributed by atoms with Gasteiger partial charge in [0.2, 0.25) is 0 Å². The monoisotopic (exact) mass is 1040 g/mol. The maximum atomic E-state index is 5.44. The van der Waals surface area contributed by atoms with Gasteiger partial charge < -0.3 is 0 Å². The molecule has 4 heterocycles. The first-order valence-corrected chi connectivity index (χ1v) is 27.8. The number of benzene rings is 12. The maximum absolute atomic E-state index is 5.44. The van der Waals surface area contributed by atoms with Crippen molar-refractivity contribution in [1.29, 1.82) is 0 Å². The molecule has 0 saturated heterocycles. The van der Waals surface area contributed by atoms with Gasteiger partial charge in [0.05, 0.1) is 27.8 Å². The zero-order chi connectivity index (χ0) is 54.1. The van der Waals surface area contributed by atoms with Crippen LogP contribution in [0.4, 0.5) is 0 Å². The number of fused-ring (bicyclic) bond motifs is 6. The smallest absolute Gasteiger partial charge is 0.145 e. The number of pyridine rings is 2. The normalized spacial score (nSPS) is 11.7. The average Bonchev–Trinajstić information content (AvgIpc) is 4.30. The Kier molecular flexibility index (Phi) is 11.1. The first-order valence-electron chi connectivity index (χ1n) is 27.8. The van der Waals surface area contributed by atoms with E-state index in [9.17, 15) is 0 Å². The predicted molar refractivity (Wildman–Crippen MR) is 339 cm³/mol. The van der Waals surface area contributed by atoms with Crippen LogP contribution in [0.3, 0.4) is 0 Å². The van der Waals surface area contributed by atoms with Crippen molar-refractivity contribution in [3.63, 3.8) is 0 Å². The van der Waals surface area contributed by atoms with Gasteiger partial charge in [-0.1, -0.05) is 212 Å². The van der Waals surface area contributed by atoms with E-state index in [-0.39, 0.29) is 0 Å². The van der Waals surface area contributed by atoms with Crippen LogP contribution >= 0.6 is 0 Å². The fourth-order valence-corrected chi connectivity index (χ4v) is 12.6. The van der Waals surface area contributed by atoms with Crippen LogP contribution < -0.4 is 0 Å². The molecule has 16 rings (SSSR count). The van der Waals surface area contributed by atoms with Crippen LogP contribution in [0.15, 0.2) is 292 Å². The van der Waals surface area contributed by atoms with E-state index in [1.54, 1.807) is 0 Å². The van der Waals surface area contributed by atoms with Crippen LogP contribution in [-0.2, 0) is 0 Å². The SMILES string of the molecule is c1ccc(-n2c(-c3ccc(-c4c5ccccc5c(-c5ccc(-c6ccc7c(c6)nc(-c6ccc(-c8c9ccccc9c(-c9cccnc9)c9ccccc89)cc6)n7-c6ccccc6)cn5)c5ccccc45)cc3)nc3ccccc32)cc1. The molecule has 0 bridgehead atoms. The molecule has 382 valence electrons. The molecule has 0 N–H and O–H groups in total. The molecule has 4 aromatic heterocycles. The topological polar surface area (TPSA) is 61.4 Å². The summed E-state index contributed by atoms with van der Waals surface area (Å²) in [6.07, 6.45) is 5.81. The van der Waals surface area contributed by atoms with Crippen molar-refractivity contribution in [2.75, 3.05) is 0 Å². The van der Waals surface area contributed by atoms with Gasteiger partial charge in [0.1, 0.15) is 11.6 Å². The van der Waals surface area contributed by atoms with E-state index in [2.05, 4.69) is 275 Å². The summed E-state index contributed by atoms with van der Waals surface area (Å²) in [5.41, 5.74) is 19.3. The zero-order valence-electron chi connectivity index (χ0n) is 44.4. The minimum atomic E-state index is 0.877. The molecule has 0 aliphatic heterocycles. The Bertz CT molecular complexity index is 4990. The Labute approximate surface area is 473 Å². The number of hydrogen-bond acceptors (Lipinski definition) is 4. The minimum Gasteiger partial charge on any atom is -0.292 e. The summed E-state index contributed by atoms with van der Waals surface area (Å²) in [5.74, 6) is 1.79. The highest BCUT2D eigenvalue weighted by atomic mass is 15.1. The van der Waals surface area contributed by atoms with E-state index in [1.807, 2.05) is 30.7 Å². The second-order valence-corrected chi connectivity index (χ2v) is 20.9. The molecule has 0 radical (unpaired) electrons. The molecule has 6 nitrogen and oxygen atoms in total. The van der Waals surface area contributed by atoms with Gasteiger partial charge in [0, 0.05) is 57.8 Å². The van der Waals surface area contributed by atoms with Crippen molar-refractivity contribution in [2.24, 2.45) is 0 Å². The van der Waals surface area contributed by atoms with E-state index in [4.69, 9.17) is 15.0 Å². The Morgan fingerprint density at radius 2 is 0.659 bits per heavy atom. The summed E-state index contributed by atoms with van der Waals surface area (Å²) in [6, 6.07) is 97.4. The zero-order valence-corrected chi connectivity index (χ0v) is 44.4. The Morgan fingerprint density at radius 1 is 0.256 bits per heavy atom. The summed E-state index contributed by atoms with van der Waals surface area (Å²) < 4.78 is 4.53. The van der Waals surface area contributed by atoms with E-state index >= 15 is 0 Å². The highest BCUT2D eigenvalue weighted by Crippen LogP contribution is 2.46. The molecule has 0 atom stereocenters. The van der Waals surface area contributed by atoms with Crippen LogP contribution in [0, 0.1) is 0 Å². The average molecular weight is 1050 g/mol. The van der Waals surface area contributed by atoms with Crippen molar-refractivity contribution in [1.82, 2.24) is 29.1 Å². The van der Waals surface area contributed by atoms with Crippen LogP contribution in [-0.4, -0.2) is 29.1 Å². The lowest BCUT2D eigenvalue weighted by Crippen LogP contribution is -1.97. The van der Waals surface area contributed by atoms with Crippen LogP contribution in [0.5, 0.6) is 0 Å². The standard InChI is InChI=1S/C76H48N6/c1-3-19-56(20-4-1)81-69-32-16-15-31-66(69)79-75(81)51-37-33-50(34-38-51)72-62-27-11-13-29-64(62)74(65-30-14-12-28-63(65)72)67-43-41-54(48-78-67)53-42-44-70-68(46-53)80-76(82(70)57-21-5-2-6-22-57)52-39-35-49(36-40-52)71-58-23-7-9-25-60(58)73(55-18-17-45-77-47-55)61-26-10-8-24-59(61)71/h1-48H. The van der Waals surface area contributed by atoms with Crippen molar-refractivity contribution in [3.05, 3.63) is 292 Å². The lowest BCUT2D eigenvalue weighted by atomic mass is 9.86. The third-order valence-electron chi connectivity index (χ3n) is 16.3. The van der Waals surface area contributed by atoms with Crippen LogP contribution in [0.1, 0.15) is 0 Å². The largest absolute Gasteiger partial charge is 0.292 e. The van der Waals surface area contributed by atoms with E-state index < -0.39 is 0 Å². The van der Waals surface area contributed by atoms with Gasteiger partial charge >= 0.3 is 0 Å². The second kappa shape index (κ2) is 19.4. The predicted octanol–water partition coefficient (Wildman–Crippen LogP) is 19.4. The fourth-order valence-electron chi connectivity index (χ4n) is 12.6. The Hall–Kier alpha value is -11.1. The Balaban J connectivity index is 0.757. The van der Waals surface area contributed by atoms with Gasteiger partial charge in [-0.05, 0) is 137 Å². The lowest BCUT2D eigenvalue weighted by molar-refractivity contribution is 1.10. The molecule has 82 heavy (non-hydrogen) atoms. The molecule has 0 fully saturated rings. The summed E-state index contributed by atoms with van der Waals surface area (Å²) >= 11 is 0. The molecule has 0 amide bonds. The van der Waals surface area contributed by atoms with E-state index in [1.165, 1.54) is 49.0 Å². The quantitative estimate of drug-likeness (QED) is 0.135. The highest BCUT2D eigenvalue weighted by molar-refractivity contribution is 6.22. The number of hydrogen-bond donors (Lipinski definition) is 0. The van der Waals surface area contributed by atoms with Gasteiger partial charge in [-0.25, -0.2) is 9.97 Å². The van der Waals surface area contributed by atoms with Crippen molar-refractivity contribution >= 4 is 65.2 Å². The lowest BCUT2D eigenvalue weighted by Gasteiger charge is -2.17. The summed E-state index contributed by atoms with van der Waals surface area (Å²) in [7, 11) is 0. The van der Waals surface area contributed by atoms with Crippen molar-refractivity contribution < 1.29 is 0 Å². The minimum absolute atomic E-state index is 0.877. The first-order chi connectivity index (χ1) is 40.7. The molecule has 0 saturated carbocycles. The molecule has 0 aliphatic carbocycles. The number of para-hydroxylation sites is 4. The van der Waals surface area contributed by atoms with Gasteiger partial charge in [0.25, 0.3) is 0 Å². The van der Waals surface area contributed by atoms with Gasteiger partial charge in [-0.3, -0.25) is 19.1 Å². The van der Waals surface area contributed by atoms with Crippen LogP contribution in [0.2, 0.25) is 0 Å². The molecular weight excluding hydrogens is 997 g/mol. The van der Waals surface area contributed by atoms with Gasteiger partial charge in [-0.2, -0.15) is 0 Å². The molecule has 12 aromatic carbocycles. The summed E-state index contributed by atoms with van der Waals surface area (Å²) in [5, 5.41) is 9.47. The molecule has 6 heteroatoms. The fraction of sp³-hybridized carbons (Fsp3) is 0. The molecule has 0 unspecified atom stereocenters. The second-order valence-electron chi connectivity index (χ2n) is 20.9. The third kappa shape index (κ3) is 7.72. The number of nitrogens with zero attached hydrogens (tertiary/aromatic N) is 6. The molecule has 0 aliphatic rings. The highest BCUT2D eigenvalue weighted by Gasteiger charge is 2.22. The molecular formula is C76H48N6. The number of rotatable bonds is 9. The molecule has 16 aromatic rings. The van der Waals surface area contributed by atoms with Crippen molar-refractivity contribution in [3.8, 4) is 89.9 Å². The van der Waals surface area contributed by atoms with Crippen molar-refractivity contribution in [2.45, 2.75) is 0 Å². The van der Waals surface area contributed by atoms with E-state index in [0.717, 1.165) is 106 Å². The van der Waals surface area contributed by atoms with Gasteiger partial charge in [0.15, 0.2) is 0 Å². The molecule has 0 spiro atoms. The summed E-state index contributed by atoms with van der Waals surface area (Å²) in [6.45, 7) is 0. The Morgan fingerprint density at radius 3 is 1.13 bits per heavy atom. The van der Waals surface area contributed by atoms with Crippen LogP contribution in [0.25, 0.3) is 155 Å². The van der Waals surface area contributed by atoms with Gasteiger partial charge in [-0.15, -0.1) is 0 Å².